The van der Waals surface area contributed by atoms with Crippen LogP contribution < -0.4 is 0 Å². The Labute approximate surface area is 121 Å². The van der Waals surface area contributed by atoms with Crippen LogP contribution in [0.15, 0.2) is 30.3 Å². The van der Waals surface area contributed by atoms with E-state index in [-0.39, 0.29) is 18.1 Å². The Hall–Kier alpha value is -1.19. The van der Waals surface area contributed by atoms with E-state index in [0.717, 1.165) is 18.7 Å². The molecule has 0 spiro atoms. The largest absolute Gasteiger partial charge is 0.360 e. The molecule has 1 heterocycles. The molecule has 1 saturated heterocycles. The summed E-state index contributed by atoms with van der Waals surface area (Å²) in [6.07, 6.45) is 4.21. The van der Waals surface area contributed by atoms with Gasteiger partial charge in [0.25, 0.3) is 0 Å². The second kappa shape index (κ2) is 7.55. The summed E-state index contributed by atoms with van der Waals surface area (Å²) < 4.78 is 5.99. The van der Waals surface area contributed by atoms with Crippen molar-refractivity contribution >= 4 is 5.78 Å². The van der Waals surface area contributed by atoms with Crippen molar-refractivity contribution in [1.82, 2.24) is 4.90 Å². The summed E-state index contributed by atoms with van der Waals surface area (Å²) in [6, 6.07) is 9.51. The molecular weight excluding hydrogens is 250 g/mol. The van der Waals surface area contributed by atoms with Crippen molar-refractivity contribution in [3.8, 4) is 0 Å². The van der Waals surface area contributed by atoms with E-state index in [0.29, 0.717) is 6.42 Å². The van der Waals surface area contributed by atoms with Gasteiger partial charge in [-0.2, -0.15) is 0 Å². The van der Waals surface area contributed by atoms with Crippen LogP contribution in [0.3, 0.4) is 0 Å². The number of likely N-dealkylation sites (tertiary alicyclic amines) is 1. The summed E-state index contributed by atoms with van der Waals surface area (Å²) in [5.74, 6) is 0.168. The van der Waals surface area contributed by atoms with Crippen molar-refractivity contribution in [3.05, 3.63) is 35.9 Å². The smallest absolute Gasteiger partial charge is 0.166 e. The van der Waals surface area contributed by atoms with Gasteiger partial charge in [-0.1, -0.05) is 36.8 Å². The van der Waals surface area contributed by atoms with Crippen molar-refractivity contribution < 1.29 is 9.53 Å². The van der Waals surface area contributed by atoms with Crippen molar-refractivity contribution in [3.63, 3.8) is 0 Å². The Morgan fingerprint density at radius 1 is 1.15 bits per heavy atom. The molecule has 1 atom stereocenters. The molecule has 3 nitrogen and oxygen atoms in total. The van der Waals surface area contributed by atoms with Gasteiger partial charge in [0.05, 0.1) is 12.5 Å². The lowest BCUT2D eigenvalue weighted by atomic mass is 10.1. The van der Waals surface area contributed by atoms with Crippen LogP contribution in [-0.2, 0) is 4.74 Å². The summed E-state index contributed by atoms with van der Waals surface area (Å²) in [6.45, 7) is 6.15. The standard InChI is InChI=1S/C17H25NO2/c1-14(2)20-17(18-11-7-4-8-12-18)13-16(19)15-9-5-3-6-10-15/h3,5-6,9-10,14,17H,4,7-8,11-13H2,1-2H3. The Bertz CT molecular complexity index is 410. The van der Waals surface area contributed by atoms with E-state index < -0.39 is 0 Å². The SMILES string of the molecule is CC(C)OC(CC(=O)c1ccccc1)N1CCCCC1. The number of hydrogen-bond acceptors (Lipinski definition) is 3. The molecule has 0 bridgehead atoms. The highest BCUT2D eigenvalue weighted by atomic mass is 16.5. The van der Waals surface area contributed by atoms with Gasteiger partial charge >= 0.3 is 0 Å². The average molecular weight is 275 g/mol. The lowest BCUT2D eigenvalue weighted by Gasteiger charge is -2.35. The van der Waals surface area contributed by atoms with Crippen LogP contribution >= 0.6 is 0 Å². The van der Waals surface area contributed by atoms with Gasteiger partial charge in [0, 0.05) is 18.7 Å². The molecule has 0 saturated carbocycles. The molecule has 1 aliphatic rings. The number of nitrogens with zero attached hydrogens (tertiary/aromatic N) is 1. The molecule has 20 heavy (non-hydrogen) atoms. The topological polar surface area (TPSA) is 29.5 Å². The minimum atomic E-state index is -0.0805. The Morgan fingerprint density at radius 2 is 1.80 bits per heavy atom. The van der Waals surface area contributed by atoms with Crippen LogP contribution in [0.2, 0.25) is 0 Å². The number of hydrogen-bond donors (Lipinski definition) is 0. The first-order chi connectivity index (χ1) is 9.66. The normalized spacial score (nSPS) is 18.1. The second-order valence-electron chi connectivity index (χ2n) is 5.73. The van der Waals surface area contributed by atoms with E-state index in [1.165, 1.54) is 19.3 Å². The average Bonchev–Trinajstić information content (AvgIpc) is 2.48. The van der Waals surface area contributed by atoms with Crippen LogP contribution in [0.25, 0.3) is 0 Å². The van der Waals surface area contributed by atoms with E-state index in [1.807, 2.05) is 44.2 Å². The molecule has 1 aromatic carbocycles. The van der Waals surface area contributed by atoms with Crippen LogP contribution in [0.1, 0.15) is 49.9 Å². The summed E-state index contributed by atoms with van der Waals surface area (Å²) in [5.41, 5.74) is 0.780. The van der Waals surface area contributed by atoms with Gasteiger partial charge in [0.15, 0.2) is 5.78 Å². The monoisotopic (exact) mass is 275 g/mol. The van der Waals surface area contributed by atoms with Gasteiger partial charge < -0.3 is 4.74 Å². The predicted octanol–water partition coefficient (Wildman–Crippen LogP) is 3.50. The maximum Gasteiger partial charge on any atom is 0.166 e. The molecule has 0 aliphatic carbocycles. The molecule has 110 valence electrons. The minimum Gasteiger partial charge on any atom is -0.360 e. The molecule has 0 amide bonds. The first kappa shape index (κ1) is 15.2. The Kier molecular flexibility index (Phi) is 5.74. The van der Waals surface area contributed by atoms with Gasteiger partial charge in [-0.05, 0) is 26.7 Å². The molecule has 0 aromatic heterocycles. The highest BCUT2D eigenvalue weighted by Crippen LogP contribution is 2.18. The number of Topliss-reactive ketones (excluding diaryl/α,β-unsaturated/α-hetero) is 1. The number of rotatable bonds is 6. The summed E-state index contributed by atoms with van der Waals surface area (Å²) in [5, 5.41) is 0. The first-order valence-corrected chi connectivity index (χ1v) is 7.64. The molecule has 1 unspecified atom stereocenters. The van der Waals surface area contributed by atoms with Gasteiger partial charge in [-0.3, -0.25) is 9.69 Å². The fourth-order valence-electron chi connectivity index (χ4n) is 2.68. The molecule has 0 N–H and O–H groups in total. The van der Waals surface area contributed by atoms with Gasteiger partial charge in [-0.25, -0.2) is 0 Å². The van der Waals surface area contributed by atoms with E-state index in [1.54, 1.807) is 0 Å². The lowest BCUT2D eigenvalue weighted by Crippen LogP contribution is -2.43. The number of carbonyl (C=O) groups excluding carboxylic acids is 1. The third-order valence-electron chi connectivity index (χ3n) is 3.68. The summed E-state index contributed by atoms with van der Waals surface area (Å²) >= 11 is 0. The van der Waals surface area contributed by atoms with Crippen molar-refractivity contribution in [1.29, 1.82) is 0 Å². The number of piperidine rings is 1. The molecule has 1 fully saturated rings. The van der Waals surface area contributed by atoms with Crippen molar-refractivity contribution in [2.24, 2.45) is 0 Å². The number of carbonyl (C=O) groups is 1. The zero-order valence-electron chi connectivity index (χ0n) is 12.5. The van der Waals surface area contributed by atoms with Crippen molar-refractivity contribution in [2.75, 3.05) is 13.1 Å². The van der Waals surface area contributed by atoms with Crippen LogP contribution in [0.4, 0.5) is 0 Å². The molecule has 2 rings (SSSR count). The van der Waals surface area contributed by atoms with E-state index >= 15 is 0 Å². The quantitative estimate of drug-likeness (QED) is 0.744. The fourth-order valence-corrected chi connectivity index (χ4v) is 2.68. The van der Waals surface area contributed by atoms with Crippen LogP contribution in [-0.4, -0.2) is 36.1 Å². The molecule has 3 heteroatoms. The maximum absolute atomic E-state index is 12.4. The lowest BCUT2D eigenvalue weighted by molar-refractivity contribution is -0.0922. The zero-order chi connectivity index (χ0) is 14.4. The number of benzene rings is 1. The summed E-state index contributed by atoms with van der Waals surface area (Å²) in [4.78, 5) is 14.7. The minimum absolute atomic E-state index is 0.0805. The van der Waals surface area contributed by atoms with Crippen LogP contribution in [0.5, 0.6) is 0 Å². The third kappa shape index (κ3) is 4.43. The maximum atomic E-state index is 12.4. The number of ketones is 1. The molecule has 1 aliphatic heterocycles. The van der Waals surface area contributed by atoms with E-state index in [4.69, 9.17) is 4.74 Å². The summed E-state index contributed by atoms with van der Waals surface area (Å²) in [7, 11) is 0. The first-order valence-electron chi connectivity index (χ1n) is 7.64. The Balaban J connectivity index is 2.01. The predicted molar refractivity (Wildman–Crippen MR) is 80.8 cm³/mol. The van der Waals surface area contributed by atoms with Gasteiger partial charge in [-0.15, -0.1) is 0 Å². The highest BCUT2D eigenvalue weighted by molar-refractivity contribution is 5.96. The van der Waals surface area contributed by atoms with Gasteiger partial charge in [0.2, 0.25) is 0 Å². The Morgan fingerprint density at radius 3 is 2.40 bits per heavy atom. The second-order valence-corrected chi connectivity index (χ2v) is 5.73. The van der Waals surface area contributed by atoms with Crippen LogP contribution in [0, 0.1) is 0 Å². The molecule has 1 aromatic rings. The van der Waals surface area contributed by atoms with E-state index in [2.05, 4.69) is 4.90 Å². The van der Waals surface area contributed by atoms with Gasteiger partial charge in [0.1, 0.15) is 6.23 Å². The van der Waals surface area contributed by atoms with E-state index in [9.17, 15) is 4.79 Å². The number of ether oxygens (including phenoxy) is 1. The van der Waals surface area contributed by atoms with Crippen molar-refractivity contribution in [2.45, 2.75) is 51.9 Å². The molecular formula is C17H25NO2. The third-order valence-corrected chi connectivity index (χ3v) is 3.68. The highest BCUT2D eigenvalue weighted by Gasteiger charge is 2.25. The molecule has 0 radical (unpaired) electrons. The fraction of sp³-hybridized carbons (Fsp3) is 0.588. The zero-order valence-corrected chi connectivity index (χ0v) is 12.5.